The third-order valence-corrected chi connectivity index (χ3v) is 4.29. The molecule has 1 aliphatic rings. The largest absolute Gasteiger partial charge is 0.494 e. The molecule has 1 aromatic carbocycles. The van der Waals surface area contributed by atoms with Crippen LogP contribution in [0.15, 0.2) is 24.3 Å². The molecule has 25 heavy (non-hydrogen) atoms. The minimum absolute atomic E-state index is 0.0563. The summed E-state index contributed by atoms with van der Waals surface area (Å²) in [5, 5.41) is 15.4. The summed E-state index contributed by atoms with van der Waals surface area (Å²) in [5.74, 6) is 1.27. The first-order valence-electron chi connectivity index (χ1n) is 9.05. The lowest BCUT2D eigenvalue weighted by atomic mass is 9.95. The molecule has 0 unspecified atom stereocenters. The molecule has 3 rings (SSSR count). The van der Waals surface area contributed by atoms with Gasteiger partial charge in [0, 0.05) is 11.6 Å². The van der Waals surface area contributed by atoms with Crippen molar-refractivity contribution >= 4 is 5.91 Å². The molecule has 1 aromatic heterocycles. The average molecular weight is 343 g/mol. The molecule has 1 saturated carbocycles. The Morgan fingerprint density at radius 1 is 1.24 bits per heavy atom. The van der Waals surface area contributed by atoms with E-state index in [1.54, 1.807) is 0 Å². The fraction of sp³-hybridized carbons (Fsp3) is 0.556. The molecular weight excluding hydrogens is 318 g/mol. The predicted molar refractivity (Wildman–Crippen MR) is 94.1 cm³/mol. The van der Waals surface area contributed by atoms with Gasteiger partial charge in [0.15, 0.2) is 0 Å². The Morgan fingerprint density at radius 3 is 2.72 bits per heavy atom. The maximum absolute atomic E-state index is 12.1. The van der Waals surface area contributed by atoms with E-state index in [4.69, 9.17) is 4.74 Å². The molecule has 0 bridgehead atoms. The fourth-order valence-corrected chi connectivity index (χ4v) is 2.99. The molecule has 1 aliphatic carbocycles. The molecule has 0 radical (unpaired) electrons. The molecular formula is C18H25N5O2. The van der Waals surface area contributed by atoms with Crippen molar-refractivity contribution in [2.24, 2.45) is 0 Å². The first-order chi connectivity index (χ1) is 12.2. The van der Waals surface area contributed by atoms with Gasteiger partial charge in [0.2, 0.25) is 11.7 Å². The van der Waals surface area contributed by atoms with Crippen LogP contribution < -0.4 is 10.1 Å². The van der Waals surface area contributed by atoms with Crippen LogP contribution in [0.5, 0.6) is 5.75 Å². The highest BCUT2D eigenvalue weighted by atomic mass is 16.5. The Morgan fingerprint density at radius 2 is 2.00 bits per heavy atom. The number of nitrogens with zero attached hydrogens (tertiary/aromatic N) is 4. The highest BCUT2D eigenvalue weighted by Crippen LogP contribution is 2.19. The molecule has 0 saturated heterocycles. The Hall–Kier alpha value is -2.44. The Balaban J connectivity index is 1.55. The van der Waals surface area contributed by atoms with Gasteiger partial charge in [-0.15, -0.1) is 10.2 Å². The number of benzene rings is 1. The van der Waals surface area contributed by atoms with Crippen molar-refractivity contribution in [2.45, 2.75) is 58.0 Å². The third-order valence-electron chi connectivity index (χ3n) is 4.29. The van der Waals surface area contributed by atoms with Gasteiger partial charge < -0.3 is 10.1 Å². The van der Waals surface area contributed by atoms with Crippen LogP contribution in [-0.2, 0) is 11.3 Å². The zero-order valence-electron chi connectivity index (χ0n) is 14.6. The minimum Gasteiger partial charge on any atom is -0.494 e. The molecule has 7 nitrogen and oxygen atoms in total. The number of hydrogen-bond donors (Lipinski definition) is 1. The molecule has 1 fully saturated rings. The second kappa shape index (κ2) is 8.60. The smallest absolute Gasteiger partial charge is 0.243 e. The van der Waals surface area contributed by atoms with E-state index in [-0.39, 0.29) is 12.5 Å². The first kappa shape index (κ1) is 17.4. The van der Waals surface area contributed by atoms with Crippen molar-refractivity contribution in [3.63, 3.8) is 0 Å². The van der Waals surface area contributed by atoms with Gasteiger partial charge in [0.05, 0.1) is 6.61 Å². The van der Waals surface area contributed by atoms with Crippen LogP contribution in [0.4, 0.5) is 0 Å². The van der Waals surface area contributed by atoms with Gasteiger partial charge in [0.1, 0.15) is 12.3 Å². The quantitative estimate of drug-likeness (QED) is 0.835. The van der Waals surface area contributed by atoms with E-state index in [1.165, 1.54) is 24.1 Å². The van der Waals surface area contributed by atoms with Crippen LogP contribution in [0, 0.1) is 0 Å². The van der Waals surface area contributed by atoms with Crippen LogP contribution in [0.1, 0.15) is 45.4 Å². The second-order valence-electron chi connectivity index (χ2n) is 6.42. The van der Waals surface area contributed by atoms with Crippen molar-refractivity contribution in [3.8, 4) is 17.1 Å². The lowest BCUT2D eigenvalue weighted by molar-refractivity contribution is -0.123. The van der Waals surface area contributed by atoms with Gasteiger partial charge in [0.25, 0.3) is 0 Å². The summed E-state index contributed by atoms with van der Waals surface area (Å²) in [4.78, 5) is 13.5. The molecule has 0 aliphatic heterocycles. The molecule has 134 valence electrons. The maximum atomic E-state index is 12.1. The van der Waals surface area contributed by atoms with Gasteiger partial charge in [-0.2, -0.15) is 4.80 Å². The van der Waals surface area contributed by atoms with E-state index in [1.807, 2.05) is 24.3 Å². The van der Waals surface area contributed by atoms with Crippen molar-refractivity contribution < 1.29 is 9.53 Å². The van der Waals surface area contributed by atoms with E-state index in [9.17, 15) is 4.79 Å². The summed E-state index contributed by atoms with van der Waals surface area (Å²) < 4.78 is 5.56. The van der Waals surface area contributed by atoms with Gasteiger partial charge in [-0.05, 0) is 48.7 Å². The molecule has 1 amide bonds. The lowest BCUT2D eigenvalue weighted by Crippen LogP contribution is -2.38. The number of hydrogen-bond acceptors (Lipinski definition) is 5. The van der Waals surface area contributed by atoms with E-state index in [2.05, 4.69) is 27.7 Å². The molecule has 7 heteroatoms. The minimum atomic E-state index is -0.0563. The second-order valence-corrected chi connectivity index (χ2v) is 6.42. The predicted octanol–water partition coefficient (Wildman–Crippen LogP) is 2.58. The Bertz CT molecular complexity index is 677. The zero-order valence-corrected chi connectivity index (χ0v) is 14.6. The van der Waals surface area contributed by atoms with Crippen molar-refractivity contribution in [1.82, 2.24) is 25.5 Å². The Kier molecular flexibility index (Phi) is 5.98. The summed E-state index contributed by atoms with van der Waals surface area (Å²) in [6.45, 7) is 2.87. The van der Waals surface area contributed by atoms with Gasteiger partial charge in [-0.3, -0.25) is 4.79 Å². The summed E-state index contributed by atoms with van der Waals surface area (Å²) in [5.41, 5.74) is 0.850. The van der Waals surface area contributed by atoms with E-state index in [0.29, 0.717) is 18.5 Å². The van der Waals surface area contributed by atoms with Crippen LogP contribution in [-0.4, -0.2) is 38.8 Å². The highest BCUT2D eigenvalue weighted by Gasteiger charge is 2.16. The summed E-state index contributed by atoms with van der Waals surface area (Å²) >= 11 is 0. The number of ether oxygens (including phenoxy) is 1. The van der Waals surface area contributed by atoms with Crippen LogP contribution >= 0.6 is 0 Å². The lowest BCUT2D eigenvalue weighted by Gasteiger charge is -2.22. The van der Waals surface area contributed by atoms with Gasteiger partial charge >= 0.3 is 0 Å². The maximum Gasteiger partial charge on any atom is 0.243 e. The molecule has 1 heterocycles. The number of nitrogens with one attached hydrogen (secondary N) is 1. The molecule has 0 spiro atoms. The SMILES string of the molecule is CCCOc1ccc(-c2nnn(CC(=O)NC3CCCCC3)n2)cc1. The number of amides is 1. The Labute approximate surface area is 147 Å². The first-order valence-corrected chi connectivity index (χ1v) is 9.05. The van der Waals surface area contributed by atoms with Crippen LogP contribution in [0.25, 0.3) is 11.4 Å². The van der Waals surface area contributed by atoms with Crippen LogP contribution in [0.3, 0.4) is 0 Å². The summed E-state index contributed by atoms with van der Waals surface area (Å²) in [7, 11) is 0. The highest BCUT2D eigenvalue weighted by molar-refractivity contribution is 5.75. The summed E-state index contributed by atoms with van der Waals surface area (Å²) in [6.07, 6.45) is 6.74. The van der Waals surface area contributed by atoms with Crippen molar-refractivity contribution in [3.05, 3.63) is 24.3 Å². The normalized spacial score (nSPS) is 15.1. The molecule has 1 N–H and O–H groups in total. The van der Waals surface area contributed by atoms with E-state index >= 15 is 0 Å². The number of carbonyl (C=O) groups is 1. The summed E-state index contributed by atoms with van der Waals surface area (Å²) in [6, 6.07) is 7.87. The fourth-order valence-electron chi connectivity index (χ4n) is 2.99. The van der Waals surface area contributed by atoms with Gasteiger partial charge in [-0.1, -0.05) is 26.2 Å². The number of tetrazole rings is 1. The zero-order chi connectivity index (χ0) is 17.5. The average Bonchev–Trinajstić information content (AvgIpc) is 3.09. The van der Waals surface area contributed by atoms with Gasteiger partial charge in [-0.25, -0.2) is 0 Å². The standard InChI is InChI=1S/C18H25N5O2/c1-2-12-25-16-10-8-14(9-11-16)18-20-22-23(21-18)13-17(24)19-15-6-4-3-5-7-15/h8-11,15H,2-7,12-13H2,1H3,(H,19,24). The monoisotopic (exact) mass is 343 g/mol. The van der Waals surface area contributed by atoms with E-state index in [0.717, 1.165) is 30.6 Å². The third kappa shape index (κ3) is 5.01. The van der Waals surface area contributed by atoms with Crippen molar-refractivity contribution in [2.75, 3.05) is 6.61 Å². The number of aromatic nitrogens is 4. The van der Waals surface area contributed by atoms with Crippen molar-refractivity contribution in [1.29, 1.82) is 0 Å². The number of carbonyl (C=O) groups excluding carboxylic acids is 1. The molecule has 0 atom stereocenters. The van der Waals surface area contributed by atoms with Crippen LogP contribution in [0.2, 0.25) is 0 Å². The van der Waals surface area contributed by atoms with E-state index < -0.39 is 0 Å². The molecule has 2 aromatic rings. The number of rotatable bonds is 7. The topological polar surface area (TPSA) is 81.9 Å².